The Morgan fingerprint density at radius 3 is 2.58 bits per heavy atom. The fourth-order valence-corrected chi connectivity index (χ4v) is 4.39. The molecule has 6 heteroatoms. The van der Waals surface area contributed by atoms with Crippen molar-refractivity contribution in [2.24, 2.45) is 18.9 Å². The van der Waals surface area contributed by atoms with Gasteiger partial charge in [0.1, 0.15) is 6.10 Å². The minimum absolute atomic E-state index is 0.177. The lowest BCUT2D eigenvalue weighted by Gasteiger charge is -2.35. The van der Waals surface area contributed by atoms with Crippen molar-refractivity contribution in [1.82, 2.24) is 14.5 Å². The van der Waals surface area contributed by atoms with Crippen LogP contribution in [0.15, 0.2) is 36.8 Å². The van der Waals surface area contributed by atoms with Crippen LogP contribution in [0.3, 0.4) is 0 Å². The number of aliphatic hydroxyl groups excluding tert-OH is 1. The average Bonchev–Trinajstić information content (AvgIpc) is 3.21. The number of hydrogen-bond acceptors (Lipinski definition) is 5. The molecule has 26 heavy (non-hydrogen) atoms. The Labute approximate surface area is 154 Å². The number of fused-ring (bicyclic) bond motifs is 1. The van der Waals surface area contributed by atoms with E-state index in [0.717, 1.165) is 32.5 Å². The molecule has 140 valence electrons. The minimum atomic E-state index is -0.433. The molecule has 1 aliphatic heterocycles. The Kier molecular flexibility index (Phi) is 4.87. The summed E-state index contributed by atoms with van der Waals surface area (Å²) in [6, 6.07) is 7.65. The molecular formula is C20H27N3O3. The predicted molar refractivity (Wildman–Crippen MR) is 98.1 cm³/mol. The second kappa shape index (κ2) is 7.29. The third-order valence-corrected chi connectivity index (χ3v) is 5.81. The Bertz CT molecular complexity index is 747. The number of para-hydroxylation sites is 2. The maximum absolute atomic E-state index is 10.6. The van der Waals surface area contributed by atoms with Gasteiger partial charge in [-0.3, -0.25) is 4.90 Å². The largest absolute Gasteiger partial charge is 0.493 e. The van der Waals surface area contributed by atoms with Gasteiger partial charge in [0.2, 0.25) is 0 Å². The summed E-state index contributed by atoms with van der Waals surface area (Å²) >= 11 is 0. The highest BCUT2D eigenvalue weighted by molar-refractivity contribution is 5.39. The molecule has 1 aromatic carbocycles. The summed E-state index contributed by atoms with van der Waals surface area (Å²) < 4.78 is 13.6. The van der Waals surface area contributed by atoms with Gasteiger partial charge in [0, 0.05) is 32.9 Å². The molecule has 4 atom stereocenters. The first-order valence-electron chi connectivity index (χ1n) is 9.29. The number of methoxy groups -OCH3 is 1. The molecule has 1 aliphatic carbocycles. The number of rotatable bonds is 5. The number of likely N-dealkylation sites (tertiary alicyclic amines) is 1. The van der Waals surface area contributed by atoms with Crippen molar-refractivity contribution in [2.75, 3.05) is 20.2 Å². The highest BCUT2D eigenvalue weighted by atomic mass is 16.5. The SMILES string of the molecule is COc1ccccc1O[C@@H]1C[C@@H]2CN(Cc3cncn3C)C[C@@H]2C[C@H]1O. The van der Waals surface area contributed by atoms with E-state index in [1.165, 1.54) is 5.69 Å². The van der Waals surface area contributed by atoms with Gasteiger partial charge < -0.3 is 19.1 Å². The molecule has 1 saturated carbocycles. The van der Waals surface area contributed by atoms with E-state index >= 15 is 0 Å². The topological polar surface area (TPSA) is 59.8 Å². The quantitative estimate of drug-likeness (QED) is 0.888. The summed E-state index contributed by atoms with van der Waals surface area (Å²) in [5.41, 5.74) is 1.23. The van der Waals surface area contributed by atoms with Crippen molar-refractivity contribution < 1.29 is 14.6 Å². The summed E-state index contributed by atoms with van der Waals surface area (Å²) in [4.78, 5) is 6.68. The molecule has 2 fully saturated rings. The van der Waals surface area contributed by atoms with Crippen molar-refractivity contribution in [1.29, 1.82) is 0 Å². The van der Waals surface area contributed by atoms with Crippen LogP contribution in [0, 0.1) is 11.8 Å². The van der Waals surface area contributed by atoms with Crippen LogP contribution in [0.5, 0.6) is 11.5 Å². The van der Waals surface area contributed by atoms with Crippen LogP contribution in [0.1, 0.15) is 18.5 Å². The summed E-state index contributed by atoms with van der Waals surface area (Å²) in [5.74, 6) is 2.52. The van der Waals surface area contributed by atoms with E-state index in [0.29, 0.717) is 23.3 Å². The van der Waals surface area contributed by atoms with Crippen LogP contribution in [0.2, 0.25) is 0 Å². The number of nitrogens with zero attached hydrogens (tertiary/aromatic N) is 3. The molecule has 2 heterocycles. The number of aromatic nitrogens is 2. The normalized spacial score (nSPS) is 28.7. The van der Waals surface area contributed by atoms with Crippen LogP contribution in [-0.2, 0) is 13.6 Å². The van der Waals surface area contributed by atoms with E-state index in [-0.39, 0.29) is 6.10 Å². The summed E-state index contributed by atoms with van der Waals surface area (Å²) in [7, 11) is 3.68. The Morgan fingerprint density at radius 2 is 1.88 bits per heavy atom. The fraction of sp³-hybridized carbons (Fsp3) is 0.550. The molecule has 6 nitrogen and oxygen atoms in total. The zero-order chi connectivity index (χ0) is 18.1. The van der Waals surface area contributed by atoms with Gasteiger partial charge in [-0.15, -0.1) is 0 Å². The van der Waals surface area contributed by atoms with Crippen LogP contribution >= 0.6 is 0 Å². The van der Waals surface area contributed by atoms with Crippen LogP contribution in [0.25, 0.3) is 0 Å². The zero-order valence-electron chi connectivity index (χ0n) is 15.4. The monoisotopic (exact) mass is 357 g/mol. The molecule has 0 bridgehead atoms. The van der Waals surface area contributed by atoms with E-state index in [1.807, 2.05) is 43.8 Å². The first-order chi connectivity index (χ1) is 12.6. The van der Waals surface area contributed by atoms with Gasteiger partial charge in [0.15, 0.2) is 11.5 Å². The molecule has 1 N–H and O–H groups in total. The van der Waals surface area contributed by atoms with Crippen molar-refractivity contribution >= 4 is 0 Å². The van der Waals surface area contributed by atoms with E-state index in [1.54, 1.807) is 7.11 Å². The lowest BCUT2D eigenvalue weighted by Crippen LogP contribution is -2.42. The van der Waals surface area contributed by atoms with Gasteiger partial charge in [0.05, 0.1) is 25.2 Å². The van der Waals surface area contributed by atoms with E-state index in [4.69, 9.17) is 9.47 Å². The number of imidazole rings is 1. The van der Waals surface area contributed by atoms with Crippen LogP contribution < -0.4 is 9.47 Å². The minimum Gasteiger partial charge on any atom is -0.493 e. The van der Waals surface area contributed by atoms with Crippen LogP contribution in [-0.4, -0.2) is 52.0 Å². The fourth-order valence-electron chi connectivity index (χ4n) is 4.39. The summed E-state index contributed by atoms with van der Waals surface area (Å²) in [6.07, 6.45) is 4.85. The number of ether oxygens (including phenoxy) is 2. The second-order valence-electron chi connectivity index (χ2n) is 7.56. The first kappa shape index (κ1) is 17.4. The molecule has 0 radical (unpaired) electrons. The maximum Gasteiger partial charge on any atom is 0.161 e. The molecule has 2 aromatic rings. The lowest BCUT2D eigenvalue weighted by molar-refractivity contribution is -0.0240. The summed E-state index contributed by atoms with van der Waals surface area (Å²) in [5, 5.41) is 10.6. The highest BCUT2D eigenvalue weighted by Crippen LogP contribution is 2.39. The molecule has 0 amide bonds. The van der Waals surface area contributed by atoms with Crippen molar-refractivity contribution in [2.45, 2.75) is 31.6 Å². The van der Waals surface area contributed by atoms with Crippen molar-refractivity contribution in [3.63, 3.8) is 0 Å². The van der Waals surface area contributed by atoms with Gasteiger partial charge in [-0.2, -0.15) is 0 Å². The number of hydrogen-bond donors (Lipinski definition) is 1. The van der Waals surface area contributed by atoms with E-state index < -0.39 is 6.10 Å². The van der Waals surface area contributed by atoms with Gasteiger partial charge >= 0.3 is 0 Å². The standard InChI is InChI=1S/C20H27N3O3/c1-22-13-21-9-16(22)12-23-10-14-7-17(24)20(8-15(14)11-23)26-19-6-4-3-5-18(19)25-2/h3-6,9,13-15,17,20,24H,7-8,10-12H2,1-2H3/t14-,15+,17+,20+/m0/s1. The van der Waals surface area contributed by atoms with Crippen molar-refractivity contribution in [3.8, 4) is 11.5 Å². The Hall–Kier alpha value is -2.05. The number of aliphatic hydroxyl groups is 1. The van der Waals surface area contributed by atoms with E-state index in [9.17, 15) is 5.11 Å². The molecule has 1 saturated heterocycles. The predicted octanol–water partition coefficient (Wildman–Crippen LogP) is 2.08. The molecule has 0 spiro atoms. The molecule has 1 aromatic heterocycles. The van der Waals surface area contributed by atoms with Gasteiger partial charge in [-0.05, 0) is 36.8 Å². The second-order valence-corrected chi connectivity index (χ2v) is 7.56. The lowest BCUT2D eigenvalue weighted by atomic mass is 9.78. The van der Waals surface area contributed by atoms with Gasteiger partial charge in [-0.25, -0.2) is 4.98 Å². The summed E-state index contributed by atoms with van der Waals surface area (Å²) in [6.45, 7) is 3.00. The number of aryl methyl sites for hydroxylation is 1. The highest BCUT2D eigenvalue weighted by Gasteiger charge is 2.42. The molecule has 2 aliphatic rings. The third kappa shape index (κ3) is 3.44. The third-order valence-electron chi connectivity index (χ3n) is 5.81. The maximum atomic E-state index is 10.6. The first-order valence-corrected chi connectivity index (χ1v) is 9.29. The Morgan fingerprint density at radius 1 is 1.15 bits per heavy atom. The smallest absolute Gasteiger partial charge is 0.161 e. The van der Waals surface area contributed by atoms with Crippen molar-refractivity contribution in [3.05, 3.63) is 42.5 Å². The average molecular weight is 357 g/mol. The van der Waals surface area contributed by atoms with Gasteiger partial charge in [0.25, 0.3) is 0 Å². The molecular weight excluding hydrogens is 330 g/mol. The van der Waals surface area contributed by atoms with E-state index in [2.05, 4.69) is 14.5 Å². The van der Waals surface area contributed by atoms with Crippen LogP contribution in [0.4, 0.5) is 0 Å². The zero-order valence-corrected chi connectivity index (χ0v) is 15.4. The Balaban J connectivity index is 1.40. The van der Waals surface area contributed by atoms with Gasteiger partial charge in [-0.1, -0.05) is 12.1 Å². The molecule has 0 unspecified atom stereocenters. The number of benzene rings is 1. The molecule has 4 rings (SSSR count).